The van der Waals surface area contributed by atoms with Crippen molar-refractivity contribution in [3.63, 3.8) is 0 Å². The van der Waals surface area contributed by atoms with Gasteiger partial charge >= 0.3 is 6.09 Å². The van der Waals surface area contributed by atoms with Gasteiger partial charge in [-0.2, -0.15) is 0 Å². The standard InChI is InChI=1S/C42H66N10O10.C9H8S.C4H4OS.C3H8N2O.C2H6.CH4O.CH3.V/c1-5-6-7-13-22-62-41(61)52-21-19-30(26-52)49-38(58)32(16-11-12-20-45-34(54)18-17-31(27-53)48-36(56)25-46-35(55)24-43)50-39(59)33(23-29-14-9-8-10-15-29)51-37(57)28(2)47-40(60)42(3,4)44;1-7-6-10-9-5-3-2-4-8(7)9;5-4-1-2-6-3-4;1-5-2-3(4)6;2*1-2;;/h5-6,8-10,14-15,27-28,30-33H,7,11-13,16-26,43-44H2,1-4H3,(H,45,54)(H,46,55)(H,47,60)(H,48,56)(H,49,58)(H,50,59)(H,51,57);2-6H,1H3;1-3,5H;5H,2H2,1H3,(H2,4,6);1-2H3;2H,1H3;1H3;/q;;;;;;-1;/b6-5+;;;;;;;/t28?,30-,31?,32?,33?;;;;;;;/m0......./s1. The van der Waals surface area contributed by atoms with Crippen molar-refractivity contribution in [1.82, 2.24) is 47.4 Å². The molecule has 2 aromatic heterocycles. The van der Waals surface area contributed by atoms with E-state index in [9.17, 15) is 47.9 Å². The molecule has 2 aromatic carbocycles. The first-order valence-corrected chi connectivity index (χ1v) is 30.9. The molecule has 90 heavy (non-hydrogen) atoms. The number of unbranched alkanes of at least 4 members (excludes halogenated alkanes) is 2. The second kappa shape index (κ2) is 51.5. The van der Waals surface area contributed by atoms with Crippen LogP contribution in [0.4, 0.5) is 4.79 Å². The van der Waals surface area contributed by atoms with Crippen molar-refractivity contribution in [2.45, 2.75) is 142 Å². The topological polar surface area (TPSA) is 398 Å². The Balaban J connectivity index is -0.00000221. The predicted molar refractivity (Wildman–Crippen MR) is 351 cm³/mol. The second-order valence-corrected chi connectivity index (χ2v) is 21.8. The molecular weight excluding hydrogens is 1240 g/mol. The molecule has 4 unspecified atom stereocenters. The van der Waals surface area contributed by atoms with Crippen LogP contribution in [0.2, 0.25) is 0 Å². The number of aromatic hydroxyl groups is 1. The summed E-state index contributed by atoms with van der Waals surface area (Å²) in [6.07, 6.45) is 6.75. The van der Waals surface area contributed by atoms with Crippen LogP contribution in [-0.4, -0.2) is 171 Å². The molecule has 0 bridgehead atoms. The summed E-state index contributed by atoms with van der Waals surface area (Å²) in [5, 5.41) is 43.6. The van der Waals surface area contributed by atoms with Gasteiger partial charge < -0.3 is 91.8 Å². The van der Waals surface area contributed by atoms with Crippen LogP contribution in [0.15, 0.2) is 89.0 Å². The number of nitrogens with two attached hydrogens (primary N) is 3. The van der Waals surface area contributed by atoms with Crippen molar-refractivity contribution in [3.8, 4) is 5.75 Å². The quantitative estimate of drug-likeness (QED) is 0.0160. The number of likely N-dealkylation sites (tertiary alicyclic amines) is 1. The number of carbonyl (C=O) groups is 10. The van der Waals surface area contributed by atoms with Gasteiger partial charge in [-0.15, -0.1) is 22.7 Å². The molecule has 1 fully saturated rings. The minimum atomic E-state index is -1.26. The number of ether oxygens (including phenoxy) is 1. The van der Waals surface area contributed by atoms with Crippen molar-refractivity contribution in [2.75, 3.05) is 60.0 Å². The van der Waals surface area contributed by atoms with E-state index < -0.39 is 77.3 Å². The Morgan fingerprint density at radius 1 is 0.822 bits per heavy atom. The average Bonchev–Trinajstić information content (AvgIpc) is 3.89. The van der Waals surface area contributed by atoms with Crippen LogP contribution in [-0.2, 0) is 72.9 Å². The van der Waals surface area contributed by atoms with Gasteiger partial charge in [0.15, 0.2) is 0 Å². The van der Waals surface area contributed by atoms with Gasteiger partial charge in [-0.3, -0.25) is 38.4 Å². The first kappa shape index (κ1) is 87.0. The number of aldehydes is 1. The molecule has 1 radical (unpaired) electrons. The number of thiophene rings is 2. The molecule has 5 rings (SSSR count). The molecule has 0 saturated carbocycles. The summed E-state index contributed by atoms with van der Waals surface area (Å²) in [6, 6.07) is 14.4. The Morgan fingerprint density at radius 2 is 1.48 bits per heavy atom. The van der Waals surface area contributed by atoms with Crippen molar-refractivity contribution in [1.29, 1.82) is 0 Å². The fraction of sp³-hybridized carbons (Fsp3) is 0.500. The first-order valence-electron chi connectivity index (χ1n) is 29.1. The van der Waals surface area contributed by atoms with E-state index in [4.69, 9.17) is 32.2 Å². The third-order valence-corrected chi connectivity index (χ3v) is 14.0. The molecule has 4 aromatic rings. The molecule has 0 aliphatic carbocycles. The summed E-state index contributed by atoms with van der Waals surface area (Å²) in [7, 11) is 2.67. The number of primary amides is 1. The maximum absolute atomic E-state index is 14.0. The summed E-state index contributed by atoms with van der Waals surface area (Å²) in [5.41, 5.74) is 16.6. The normalized spacial score (nSPS) is 13.2. The number of likely N-dealkylation sites (N-methyl/N-ethyl adjacent to an activating group) is 1. The van der Waals surface area contributed by atoms with E-state index in [2.05, 4.69) is 79.1 Å². The molecule has 1 aliphatic heterocycles. The minimum Gasteiger partial charge on any atom is -0.507 e. The number of aliphatic hydroxyl groups excluding tert-OH is 1. The molecule has 5 atom stereocenters. The maximum atomic E-state index is 14.0. The number of nitrogens with zero attached hydrogens (tertiary/aromatic N) is 1. The molecule has 0 spiro atoms. The fourth-order valence-electron chi connectivity index (χ4n) is 7.61. The molecule has 28 heteroatoms. The van der Waals surface area contributed by atoms with Crippen LogP contribution in [0, 0.1) is 14.4 Å². The Labute approximate surface area is 550 Å². The number of rotatable bonds is 29. The van der Waals surface area contributed by atoms with E-state index in [-0.39, 0.29) is 103 Å². The number of fused-ring (bicyclic) bond motifs is 1. The summed E-state index contributed by atoms with van der Waals surface area (Å²) in [4.78, 5) is 125. The average molecular weight is 1340 g/mol. The van der Waals surface area contributed by atoms with Gasteiger partial charge in [0.25, 0.3) is 0 Å². The van der Waals surface area contributed by atoms with Gasteiger partial charge in [0, 0.05) is 74.3 Å². The largest absolute Gasteiger partial charge is 0.507 e. The third kappa shape index (κ3) is 39.0. The van der Waals surface area contributed by atoms with Gasteiger partial charge in [0.1, 0.15) is 30.2 Å². The molecule has 25 nitrogen and oxygen atoms in total. The molecular formula is C62H99N12O13S2V-. The van der Waals surface area contributed by atoms with Crippen molar-refractivity contribution < 1.29 is 81.5 Å². The number of carbonyl (C=O) groups excluding carboxylic acids is 10. The van der Waals surface area contributed by atoms with Crippen molar-refractivity contribution in [2.24, 2.45) is 17.2 Å². The molecule has 503 valence electrons. The Bertz CT molecular complexity index is 2720. The SMILES string of the molecule is C/C=C/CCCOC(=O)N1CC[C@H](NC(=O)C(CCCCNC(=O)CCC(C=O)NC(=O)CNC(=O)CN)NC(=O)C(Cc2ccccc2)NC(=O)C(C)NC(=O)C(C)(C)N)C1.CC.CNCC(N)=O.CO.Cc1csc2ccccc12.Oc1ccsc1.[CH3-].[V]. The van der Waals surface area contributed by atoms with Gasteiger partial charge in [-0.1, -0.05) is 74.5 Å². The van der Waals surface area contributed by atoms with Gasteiger partial charge in [0.2, 0.25) is 47.3 Å². The van der Waals surface area contributed by atoms with Gasteiger partial charge in [-0.25, -0.2) is 4.79 Å². The number of hydrogen-bond donors (Lipinski definition) is 13. The molecule has 3 heterocycles. The van der Waals surface area contributed by atoms with Crippen LogP contribution in [0.1, 0.15) is 104 Å². The Morgan fingerprint density at radius 3 is 2.03 bits per heavy atom. The summed E-state index contributed by atoms with van der Waals surface area (Å²) in [5.74, 6) is -3.86. The van der Waals surface area contributed by atoms with Crippen molar-refractivity contribution in [3.05, 3.63) is 108 Å². The van der Waals surface area contributed by atoms with Crippen LogP contribution in [0.25, 0.3) is 10.1 Å². The maximum Gasteiger partial charge on any atom is 0.409 e. The van der Waals surface area contributed by atoms with E-state index in [1.807, 2.05) is 49.6 Å². The number of amides is 9. The first-order chi connectivity index (χ1) is 42.0. The minimum absolute atomic E-state index is 0. The number of nitrogens with one attached hydrogen (secondary N) is 8. The van der Waals surface area contributed by atoms with E-state index in [1.54, 1.807) is 48.8 Å². The summed E-state index contributed by atoms with van der Waals surface area (Å²) >= 11 is 3.30. The van der Waals surface area contributed by atoms with Gasteiger partial charge in [0.05, 0.1) is 37.8 Å². The fourth-order valence-corrected chi connectivity index (χ4v) is 9.07. The number of aliphatic hydroxyl groups is 1. The number of benzene rings is 2. The zero-order valence-electron chi connectivity index (χ0n) is 53.8. The molecule has 1 saturated heterocycles. The number of hydrogen-bond acceptors (Lipinski definition) is 18. The number of allylic oxidation sites excluding steroid dienone is 2. The predicted octanol–water partition coefficient (Wildman–Crippen LogP) is 3.39. The van der Waals surface area contributed by atoms with E-state index >= 15 is 0 Å². The Kier molecular flexibility index (Phi) is 49.8. The molecule has 9 amide bonds. The summed E-state index contributed by atoms with van der Waals surface area (Å²) < 4.78 is 6.78. The zero-order valence-corrected chi connectivity index (χ0v) is 56.8. The van der Waals surface area contributed by atoms with E-state index in [1.165, 1.54) is 52.7 Å². The van der Waals surface area contributed by atoms with Gasteiger partial charge in [-0.05, 0) is 126 Å². The second-order valence-electron chi connectivity index (χ2n) is 20.1. The van der Waals surface area contributed by atoms with Crippen LogP contribution in [0.3, 0.4) is 0 Å². The molecule has 1 aliphatic rings. The van der Waals surface area contributed by atoms with Crippen molar-refractivity contribution >= 4 is 92.4 Å². The molecule has 16 N–H and O–H groups in total. The van der Waals surface area contributed by atoms with Crippen LogP contribution < -0.4 is 59.7 Å². The Hall–Kier alpha value is -7.24. The van der Waals surface area contributed by atoms with E-state index in [0.29, 0.717) is 44.3 Å². The van der Waals surface area contributed by atoms with Crippen LogP contribution in [0.5, 0.6) is 5.75 Å². The smallest absolute Gasteiger partial charge is 0.409 e. The van der Waals surface area contributed by atoms with E-state index in [0.717, 1.165) is 19.1 Å². The van der Waals surface area contributed by atoms with Crippen LogP contribution >= 0.6 is 22.7 Å². The summed E-state index contributed by atoms with van der Waals surface area (Å²) in [6.45, 7) is 13.1. The zero-order chi connectivity index (χ0) is 66.5. The third-order valence-electron chi connectivity index (χ3n) is 12.2. The number of aryl methyl sites for hydroxylation is 1. The monoisotopic (exact) mass is 1330 g/mol.